The third-order valence-electron chi connectivity index (χ3n) is 4.73. The monoisotopic (exact) mass is 481 g/mol. The summed E-state index contributed by atoms with van der Waals surface area (Å²) in [6.07, 6.45) is 1.69. The summed E-state index contributed by atoms with van der Waals surface area (Å²) in [6.45, 7) is 2.28. The van der Waals surface area contributed by atoms with Crippen LogP contribution < -0.4 is 4.18 Å². The summed E-state index contributed by atoms with van der Waals surface area (Å²) in [6, 6.07) is 22.7. The number of carbonyl (C=O) groups excluding carboxylic acids is 1. The van der Waals surface area contributed by atoms with E-state index in [1.165, 1.54) is 23.9 Å². The maximum absolute atomic E-state index is 12.9. The molecule has 4 rings (SSSR count). The van der Waals surface area contributed by atoms with Gasteiger partial charge in [0.05, 0.1) is 11.4 Å². The van der Waals surface area contributed by atoms with Gasteiger partial charge in [-0.3, -0.25) is 9.69 Å². The third kappa shape index (κ3) is 5.09. The molecule has 1 fully saturated rings. The molecule has 1 heterocycles. The third-order valence-corrected chi connectivity index (χ3v) is 7.37. The highest BCUT2D eigenvalue weighted by Crippen LogP contribution is 2.34. The van der Waals surface area contributed by atoms with Gasteiger partial charge in [0.1, 0.15) is 15.0 Å². The summed E-state index contributed by atoms with van der Waals surface area (Å²) in [7, 11) is -3.96. The lowest BCUT2D eigenvalue weighted by atomic mass is 10.2. The number of hydrogen-bond acceptors (Lipinski definition) is 6. The predicted molar refractivity (Wildman–Crippen MR) is 131 cm³/mol. The molecule has 32 heavy (non-hydrogen) atoms. The van der Waals surface area contributed by atoms with Gasteiger partial charge in [0.15, 0.2) is 0 Å². The molecule has 8 heteroatoms. The molecule has 0 aromatic heterocycles. The minimum Gasteiger partial charge on any atom is -0.379 e. The van der Waals surface area contributed by atoms with Crippen molar-refractivity contribution in [2.24, 2.45) is 0 Å². The molecule has 0 unspecified atom stereocenters. The maximum atomic E-state index is 12.9. The number of amides is 1. The molecule has 1 aliphatic rings. The fourth-order valence-electron chi connectivity index (χ4n) is 3.09. The summed E-state index contributed by atoms with van der Waals surface area (Å²) < 4.78 is 30.9. The smallest absolute Gasteiger partial charge is 0.339 e. The molecule has 0 aliphatic carbocycles. The molecular formula is C24H19NO4S3. The Morgan fingerprint density at radius 1 is 1.00 bits per heavy atom. The van der Waals surface area contributed by atoms with E-state index in [2.05, 4.69) is 0 Å². The number of carbonyl (C=O) groups is 1. The van der Waals surface area contributed by atoms with E-state index in [9.17, 15) is 13.2 Å². The van der Waals surface area contributed by atoms with Crippen LogP contribution in [0.25, 0.3) is 6.08 Å². The van der Waals surface area contributed by atoms with Gasteiger partial charge in [-0.05, 0) is 48.4 Å². The lowest BCUT2D eigenvalue weighted by Crippen LogP contribution is -2.27. The average molecular weight is 482 g/mol. The van der Waals surface area contributed by atoms with Crippen molar-refractivity contribution in [2.75, 3.05) is 0 Å². The van der Waals surface area contributed by atoms with Crippen LogP contribution in [0.3, 0.4) is 0 Å². The van der Waals surface area contributed by atoms with Crippen molar-refractivity contribution in [3.8, 4) is 5.75 Å². The van der Waals surface area contributed by atoms with Crippen molar-refractivity contribution in [3.63, 3.8) is 0 Å². The second-order valence-corrected chi connectivity index (χ2v) is 10.4. The van der Waals surface area contributed by atoms with Crippen LogP contribution in [-0.2, 0) is 21.5 Å². The van der Waals surface area contributed by atoms with Gasteiger partial charge in [-0.2, -0.15) is 8.42 Å². The normalized spacial score (nSPS) is 15.4. The van der Waals surface area contributed by atoms with Gasteiger partial charge in [0.25, 0.3) is 5.91 Å². The Hall–Kier alpha value is -2.94. The first kappa shape index (κ1) is 22.3. The summed E-state index contributed by atoms with van der Waals surface area (Å²) >= 11 is 6.62. The van der Waals surface area contributed by atoms with E-state index >= 15 is 0 Å². The molecule has 5 nitrogen and oxygen atoms in total. The molecule has 162 valence electrons. The van der Waals surface area contributed by atoms with Gasteiger partial charge < -0.3 is 4.18 Å². The van der Waals surface area contributed by atoms with Crippen LogP contribution >= 0.6 is 24.0 Å². The zero-order valence-electron chi connectivity index (χ0n) is 17.1. The number of aryl methyl sites for hydroxylation is 1. The van der Waals surface area contributed by atoms with Crippen LogP contribution in [-0.4, -0.2) is 23.5 Å². The van der Waals surface area contributed by atoms with Gasteiger partial charge in [-0.15, -0.1) is 0 Å². The van der Waals surface area contributed by atoms with Crippen molar-refractivity contribution in [1.29, 1.82) is 0 Å². The summed E-state index contributed by atoms with van der Waals surface area (Å²) in [5.74, 6) is -0.0125. The Morgan fingerprint density at radius 3 is 2.44 bits per heavy atom. The molecule has 3 aromatic rings. The Kier molecular flexibility index (Phi) is 6.45. The van der Waals surface area contributed by atoms with E-state index in [0.29, 0.717) is 21.3 Å². The van der Waals surface area contributed by atoms with Crippen LogP contribution in [0.1, 0.15) is 16.7 Å². The van der Waals surface area contributed by atoms with Crippen molar-refractivity contribution >= 4 is 50.4 Å². The largest absolute Gasteiger partial charge is 0.379 e. The predicted octanol–water partition coefficient (Wildman–Crippen LogP) is 5.16. The summed E-state index contributed by atoms with van der Waals surface area (Å²) in [5.41, 5.74) is 2.58. The van der Waals surface area contributed by atoms with Crippen LogP contribution in [0.2, 0.25) is 0 Å². The first-order valence-corrected chi connectivity index (χ1v) is 12.4. The second kappa shape index (κ2) is 9.28. The minimum atomic E-state index is -3.96. The highest BCUT2D eigenvalue weighted by atomic mass is 32.2. The van der Waals surface area contributed by atoms with E-state index < -0.39 is 10.1 Å². The molecule has 0 saturated carbocycles. The second-order valence-electron chi connectivity index (χ2n) is 7.18. The molecule has 1 saturated heterocycles. The average Bonchev–Trinajstić information content (AvgIpc) is 3.02. The first-order valence-electron chi connectivity index (χ1n) is 9.72. The molecule has 0 bridgehead atoms. The minimum absolute atomic E-state index is 0.0790. The number of rotatable bonds is 6. The molecule has 0 atom stereocenters. The van der Waals surface area contributed by atoms with E-state index in [0.717, 1.165) is 11.1 Å². The number of thioether (sulfide) groups is 1. The Labute approximate surface area is 196 Å². The van der Waals surface area contributed by atoms with Crippen LogP contribution in [0, 0.1) is 6.92 Å². The van der Waals surface area contributed by atoms with Gasteiger partial charge in [0, 0.05) is 0 Å². The first-order chi connectivity index (χ1) is 15.3. The zero-order chi connectivity index (χ0) is 22.7. The van der Waals surface area contributed by atoms with Crippen LogP contribution in [0.5, 0.6) is 5.75 Å². The summed E-state index contributed by atoms with van der Waals surface area (Å²) in [5, 5.41) is 0. The lowest BCUT2D eigenvalue weighted by molar-refractivity contribution is -0.122. The molecule has 1 amide bonds. The highest BCUT2D eigenvalue weighted by molar-refractivity contribution is 8.26. The van der Waals surface area contributed by atoms with Crippen molar-refractivity contribution in [3.05, 3.63) is 100 Å². The van der Waals surface area contributed by atoms with Gasteiger partial charge >= 0.3 is 10.1 Å². The van der Waals surface area contributed by atoms with Crippen LogP contribution in [0.4, 0.5) is 0 Å². The van der Waals surface area contributed by atoms with E-state index in [1.54, 1.807) is 47.4 Å². The molecule has 0 spiro atoms. The Balaban J connectivity index is 1.53. The van der Waals surface area contributed by atoms with E-state index in [4.69, 9.17) is 16.4 Å². The quantitative estimate of drug-likeness (QED) is 0.275. The molecule has 1 aliphatic heterocycles. The van der Waals surface area contributed by atoms with Crippen LogP contribution in [0.15, 0.2) is 88.7 Å². The van der Waals surface area contributed by atoms with Crippen molar-refractivity contribution < 1.29 is 17.4 Å². The molecule has 0 N–H and O–H groups in total. The fourth-order valence-corrected chi connectivity index (χ4v) is 5.27. The molecule has 3 aromatic carbocycles. The van der Waals surface area contributed by atoms with E-state index in [-0.39, 0.29) is 16.6 Å². The SMILES string of the molecule is Cc1ccc(S(=O)(=O)Oc2cccc(/C=C3\SC(=S)N(Cc4ccccc4)C3=O)c2)cc1. The van der Waals surface area contributed by atoms with Gasteiger partial charge in [-0.25, -0.2) is 0 Å². The number of benzene rings is 3. The summed E-state index contributed by atoms with van der Waals surface area (Å²) in [4.78, 5) is 15.0. The van der Waals surface area contributed by atoms with Crippen molar-refractivity contribution in [2.45, 2.75) is 18.4 Å². The highest BCUT2D eigenvalue weighted by Gasteiger charge is 2.32. The number of hydrogen-bond donors (Lipinski definition) is 0. The van der Waals surface area contributed by atoms with Gasteiger partial charge in [0.2, 0.25) is 0 Å². The number of nitrogens with zero attached hydrogens (tertiary/aromatic N) is 1. The Bertz CT molecular complexity index is 1300. The standard InChI is InChI=1S/C24H19NO4S3/c1-17-10-12-21(13-11-17)32(27,28)29-20-9-5-8-19(14-20)15-22-23(26)25(24(30)31-22)16-18-6-3-2-4-7-18/h2-15H,16H2,1H3/b22-15-. The fraction of sp³-hybridized carbons (Fsp3) is 0.0833. The lowest BCUT2D eigenvalue weighted by Gasteiger charge is -2.14. The maximum Gasteiger partial charge on any atom is 0.339 e. The van der Waals surface area contributed by atoms with Crippen molar-refractivity contribution in [1.82, 2.24) is 4.90 Å². The topological polar surface area (TPSA) is 63.7 Å². The molecular weight excluding hydrogens is 462 g/mol. The van der Waals surface area contributed by atoms with Gasteiger partial charge in [-0.1, -0.05) is 84.1 Å². The Morgan fingerprint density at radius 2 is 1.72 bits per heavy atom. The molecule has 0 radical (unpaired) electrons. The zero-order valence-corrected chi connectivity index (χ0v) is 19.5. The van der Waals surface area contributed by atoms with E-state index in [1.807, 2.05) is 37.3 Å². The number of thiocarbonyl (C=S) groups is 1.